The fraction of sp³-hybridized carbons (Fsp3) is 0. The SMILES string of the molecule is Nn1cccc2cnnc1-2. The van der Waals surface area contributed by atoms with Gasteiger partial charge in [0.1, 0.15) is 0 Å². The van der Waals surface area contributed by atoms with Crippen molar-refractivity contribution < 1.29 is 0 Å². The second-order valence-electron chi connectivity index (χ2n) is 2.04. The highest BCUT2D eigenvalue weighted by molar-refractivity contribution is 5.54. The van der Waals surface area contributed by atoms with Gasteiger partial charge in [0, 0.05) is 11.8 Å². The normalized spacial score (nSPS) is 10.4. The first-order valence-electron chi connectivity index (χ1n) is 2.92. The molecule has 0 amide bonds. The van der Waals surface area contributed by atoms with Gasteiger partial charge in [0.25, 0.3) is 0 Å². The lowest BCUT2D eigenvalue weighted by molar-refractivity contribution is 0.936. The van der Waals surface area contributed by atoms with Gasteiger partial charge in [0.05, 0.1) is 6.20 Å². The van der Waals surface area contributed by atoms with E-state index in [9.17, 15) is 0 Å². The molecule has 0 aromatic carbocycles. The van der Waals surface area contributed by atoms with E-state index in [0.717, 1.165) is 5.56 Å². The second kappa shape index (κ2) is 1.70. The summed E-state index contributed by atoms with van der Waals surface area (Å²) in [6, 6.07) is 3.77. The maximum absolute atomic E-state index is 5.51. The maximum atomic E-state index is 5.51. The topological polar surface area (TPSA) is 56.7 Å². The molecule has 0 fully saturated rings. The van der Waals surface area contributed by atoms with E-state index in [4.69, 9.17) is 5.84 Å². The van der Waals surface area contributed by atoms with Crippen molar-refractivity contribution in [2.75, 3.05) is 5.84 Å². The van der Waals surface area contributed by atoms with Crippen LogP contribution >= 0.6 is 0 Å². The van der Waals surface area contributed by atoms with Crippen molar-refractivity contribution in [1.29, 1.82) is 0 Å². The Morgan fingerprint density at radius 2 is 2.40 bits per heavy atom. The van der Waals surface area contributed by atoms with Crippen molar-refractivity contribution in [2.45, 2.75) is 0 Å². The van der Waals surface area contributed by atoms with E-state index in [1.165, 1.54) is 4.68 Å². The summed E-state index contributed by atoms with van der Waals surface area (Å²) < 4.78 is 1.45. The zero-order valence-electron chi connectivity index (χ0n) is 5.23. The Morgan fingerprint density at radius 3 is 3.20 bits per heavy atom. The van der Waals surface area contributed by atoms with Crippen molar-refractivity contribution in [3.05, 3.63) is 24.5 Å². The van der Waals surface area contributed by atoms with Crippen LogP contribution in [0.2, 0.25) is 0 Å². The molecule has 0 spiro atoms. The molecule has 2 N–H and O–H groups in total. The Kier molecular flexibility index (Phi) is 0.887. The smallest absolute Gasteiger partial charge is 0.182 e. The molecule has 2 rings (SSSR count). The molecule has 0 radical (unpaired) electrons. The molecule has 4 nitrogen and oxygen atoms in total. The van der Waals surface area contributed by atoms with Gasteiger partial charge in [-0.25, -0.2) is 0 Å². The Morgan fingerprint density at radius 1 is 1.50 bits per heavy atom. The molecular formula is C6H6N4. The summed E-state index contributed by atoms with van der Waals surface area (Å²) in [7, 11) is 0. The third kappa shape index (κ3) is 0.556. The number of hydrogen-bond acceptors (Lipinski definition) is 3. The summed E-state index contributed by atoms with van der Waals surface area (Å²) in [6.07, 6.45) is 3.41. The van der Waals surface area contributed by atoms with E-state index < -0.39 is 0 Å². The van der Waals surface area contributed by atoms with Gasteiger partial charge in [0.15, 0.2) is 5.82 Å². The van der Waals surface area contributed by atoms with Crippen LogP contribution in [0.3, 0.4) is 0 Å². The van der Waals surface area contributed by atoms with Crippen LogP contribution in [-0.4, -0.2) is 14.9 Å². The monoisotopic (exact) mass is 134 g/mol. The van der Waals surface area contributed by atoms with Crippen LogP contribution in [0.25, 0.3) is 11.4 Å². The maximum Gasteiger partial charge on any atom is 0.182 e. The van der Waals surface area contributed by atoms with Crippen molar-refractivity contribution >= 4 is 0 Å². The van der Waals surface area contributed by atoms with Crippen LogP contribution in [0.15, 0.2) is 24.5 Å². The molecule has 4 heteroatoms. The molecule has 0 aromatic heterocycles. The number of hydrogen-bond donors (Lipinski definition) is 1. The van der Waals surface area contributed by atoms with Gasteiger partial charge in [-0.15, -0.1) is 5.10 Å². The molecule has 0 aliphatic carbocycles. The number of nitrogen functional groups attached to an aromatic ring is 1. The summed E-state index contributed by atoms with van der Waals surface area (Å²) in [5, 5.41) is 7.52. The van der Waals surface area contributed by atoms with Gasteiger partial charge < -0.3 is 5.84 Å². The lowest BCUT2D eigenvalue weighted by Gasteiger charge is -2.00. The van der Waals surface area contributed by atoms with Crippen molar-refractivity contribution in [1.82, 2.24) is 14.9 Å². The van der Waals surface area contributed by atoms with Gasteiger partial charge in [-0.2, -0.15) is 5.10 Å². The minimum absolute atomic E-state index is 0.711. The lowest BCUT2D eigenvalue weighted by Crippen LogP contribution is -2.11. The predicted molar refractivity (Wildman–Crippen MR) is 36.8 cm³/mol. The van der Waals surface area contributed by atoms with E-state index in [1.807, 2.05) is 12.1 Å². The summed E-state index contributed by atoms with van der Waals surface area (Å²) in [4.78, 5) is 0. The highest BCUT2D eigenvalue weighted by atomic mass is 15.3. The van der Waals surface area contributed by atoms with Gasteiger partial charge in [-0.3, -0.25) is 4.68 Å². The summed E-state index contributed by atoms with van der Waals surface area (Å²) in [5.74, 6) is 6.23. The Labute approximate surface area is 57.6 Å². The number of aromatic nitrogens is 3. The van der Waals surface area contributed by atoms with Crippen LogP contribution in [0, 0.1) is 0 Å². The fourth-order valence-electron chi connectivity index (χ4n) is 0.890. The van der Waals surface area contributed by atoms with Crippen molar-refractivity contribution in [3.63, 3.8) is 0 Å². The largest absolute Gasteiger partial charge is 0.338 e. The van der Waals surface area contributed by atoms with E-state index in [2.05, 4.69) is 10.2 Å². The van der Waals surface area contributed by atoms with Crippen molar-refractivity contribution in [3.8, 4) is 11.4 Å². The van der Waals surface area contributed by atoms with Crippen LogP contribution in [0.5, 0.6) is 0 Å². The lowest BCUT2D eigenvalue weighted by atomic mass is 10.3. The van der Waals surface area contributed by atoms with Gasteiger partial charge in [0.2, 0.25) is 0 Å². The minimum atomic E-state index is 0.711. The molecule has 0 saturated carbocycles. The van der Waals surface area contributed by atoms with Crippen molar-refractivity contribution in [2.24, 2.45) is 0 Å². The molecule has 0 bridgehead atoms. The number of fused-ring (bicyclic) bond motifs is 1. The summed E-state index contributed by atoms with van der Waals surface area (Å²) in [6.45, 7) is 0. The fourth-order valence-corrected chi connectivity index (χ4v) is 0.890. The van der Waals surface area contributed by atoms with Gasteiger partial charge >= 0.3 is 0 Å². The molecule has 0 saturated heterocycles. The third-order valence-electron chi connectivity index (χ3n) is 1.37. The quantitative estimate of drug-likeness (QED) is 0.520. The molecule has 2 heterocycles. The van der Waals surface area contributed by atoms with Crippen LogP contribution in [0.4, 0.5) is 0 Å². The number of rotatable bonds is 0. The average Bonchev–Trinajstić information content (AvgIpc) is 2.36. The Bertz CT molecular complexity index is 314. The zero-order valence-corrected chi connectivity index (χ0v) is 5.23. The second-order valence-corrected chi connectivity index (χ2v) is 2.04. The summed E-state index contributed by atoms with van der Waals surface area (Å²) in [5.41, 5.74) is 0.963. The first kappa shape index (κ1) is 5.22. The molecular weight excluding hydrogens is 128 g/mol. The van der Waals surface area contributed by atoms with Gasteiger partial charge in [-0.05, 0) is 12.1 Å². The average molecular weight is 134 g/mol. The Balaban J connectivity index is 2.80. The molecule has 0 aromatic rings. The molecule has 0 unspecified atom stereocenters. The molecule has 2 aliphatic rings. The predicted octanol–water partition coefficient (Wildman–Crippen LogP) is 0.0967. The van der Waals surface area contributed by atoms with E-state index >= 15 is 0 Å². The third-order valence-corrected chi connectivity index (χ3v) is 1.37. The van der Waals surface area contributed by atoms with Crippen LogP contribution < -0.4 is 5.84 Å². The van der Waals surface area contributed by atoms with E-state index in [-0.39, 0.29) is 0 Å². The number of nitrogens with zero attached hydrogens (tertiary/aromatic N) is 3. The number of pyridine rings is 1. The zero-order chi connectivity index (χ0) is 6.97. The number of nitrogens with two attached hydrogens (primary N) is 1. The summed E-state index contributed by atoms with van der Waals surface area (Å²) >= 11 is 0. The molecule has 10 heavy (non-hydrogen) atoms. The minimum Gasteiger partial charge on any atom is -0.338 e. The Hall–Kier alpha value is -1.58. The first-order chi connectivity index (χ1) is 4.88. The first-order valence-corrected chi connectivity index (χ1v) is 2.92. The van der Waals surface area contributed by atoms with E-state index in [0.29, 0.717) is 5.82 Å². The highest BCUT2D eigenvalue weighted by Gasteiger charge is 2.04. The van der Waals surface area contributed by atoms with Gasteiger partial charge in [-0.1, -0.05) is 0 Å². The molecule has 0 atom stereocenters. The van der Waals surface area contributed by atoms with E-state index in [1.54, 1.807) is 12.4 Å². The van der Waals surface area contributed by atoms with Crippen LogP contribution in [0.1, 0.15) is 0 Å². The molecule has 2 aliphatic heterocycles. The highest BCUT2D eigenvalue weighted by Crippen LogP contribution is 2.14. The van der Waals surface area contributed by atoms with Crippen LogP contribution in [-0.2, 0) is 0 Å². The molecule has 50 valence electrons. The standard InChI is InChI=1S/C6H6N4/c7-10-3-1-2-5-4-8-9-6(5)10/h1-4H,7H2.